The van der Waals surface area contributed by atoms with Crippen LogP contribution in [0.3, 0.4) is 0 Å². The maximum absolute atomic E-state index is 13.9. The quantitative estimate of drug-likeness (QED) is 0.906. The first-order valence-corrected chi connectivity index (χ1v) is 9.06. The molecule has 2 amide bonds. The third-order valence-electron chi connectivity index (χ3n) is 4.94. The molecular weight excluding hydrogens is 323 g/mol. The van der Waals surface area contributed by atoms with E-state index in [1.54, 1.807) is 0 Å². The van der Waals surface area contributed by atoms with Crippen LogP contribution in [0.1, 0.15) is 31.9 Å². The van der Waals surface area contributed by atoms with Gasteiger partial charge in [-0.05, 0) is 38.1 Å². The number of halogens is 1. The highest BCUT2D eigenvalue weighted by Gasteiger charge is 2.24. The van der Waals surface area contributed by atoms with Gasteiger partial charge in [0.05, 0.1) is 19.2 Å². The molecule has 1 aromatic carbocycles. The smallest absolute Gasteiger partial charge is 0.341 e. The van der Waals surface area contributed by atoms with Crippen LogP contribution in [0.2, 0.25) is 0 Å². The lowest BCUT2D eigenvalue weighted by Crippen LogP contribution is -2.46. The van der Waals surface area contributed by atoms with Crippen molar-refractivity contribution in [2.45, 2.75) is 26.3 Å². The van der Waals surface area contributed by atoms with Gasteiger partial charge in [0, 0.05) is 37.4 Å². The van der Waals surface area contributed by atoms with E-state index in [-0.39, 0.29) is 17.9 Å². The van der Waals surface area contributed by atoms with Gasteiger partial charge in [0.2, 0.25) is 0 Å². The predicted octanol–water partition coefficient (Wildman–Crippen LogP) is 2.38. The Morgan fingerprint density at radius 1 is 1.28 bits per heavy atom. The van der Waals surface area contributed by atoms with Crippen LogP contribution in [-0.4, -0.2) is 61.9 Å². The molecule has 1 unspecified atom stereocenters. The van der Waals surface area contributed by atoms with E-state index in [2.05, 4.69) is 22.0 Å². The van der Waals surface area contributed by atoms with Crippen molar-refractivity contribution in [1.82, 2.24) is 15.3 Å². The molecule has 1 N–H and O–H groups in total. The lowest BCUT2D eigenvalue weighted by atomic mass is 10.0. The molecule has 25 heavy (non-hydrogen) atoms. The number of benzene rings is 1. The zero-order chi connectivity index (χ0) is 17.8. The molecule has 2 saturated heterocycles. The number of carbonyl (C=O) groups excluding carboxylic acids is 1. The van der Waals surface area contributed by atoms with Crippen LogP contribution < -0.4 is 10.2 Å². The van der Waals surface area contributed by atoms with Gasteiger partial charge < -0.3 is 15.1 Å². The minimum Gasteiger partial charge on any atom is -0.369 e. The van der Waals surface area contributed by atoms with Gasteiger partial charge in [0.1, 0.15) is 5.82 Å². The van der Waals surface area contributed by atoms with Gasteiger partial charge in [-0.3, -0.25) is 4.84 Å². The maximum Gasteiger partial charge on any atom is 0.341 e. The molecule has 0 aromatic heterocycles. The molecule has 2 aliphatic rings. The van der Waals surface area contributed by atoms with Gasteiger partial charge >= 0.3 is 6.03 Å². The molecule has 3 rings (SSSR count). The minimum atomic E-state index is -0.299. The number of hydroxylamine groups is 2. The van der Waals surface area contributed by atoms with Crippen molar-refractivity contribution in [3.05, 3.63) is 29.6 Å². The van der Waals surface area contributed by atoms with E-state index in [0.717, 1.165) is 50.4 Å². The molecule has 2 heterocycles. The number of piperazine rings is 1. The van der Waals surface area contributed by atoms with E-state index in [1.165, 1.54) is 17.2 Å². The molecule has 1 atom stereocenters. The highest BCUT2D eigenvalue weighted by molar-refractivity contribution is 5.74. The number of nitrogens with one attached hydrogen (secondary N) is 1. The third kappa shape index (κ3) is 4.22. The normalized spacial score (nSPS) is 20.0. The Morgan fingerprint density at radius 2 is 2.04 bits per heavy atom. The zero-order valence-electron chi connectivity index (χ0n) is 15.0. The maximum atomic E-state index is 13.9. The third-order valence-corrected chi connectivity index (χ3v) is 4.94. The number of likely N-dealkylation sites (N-methyl/N-ethyl adjacent to an activating group) is 1. The summed E-state index contributed by atoms with van der Waals surface area (Å²) in [6, 6.07) is 4.27. The number of hydrogen-bond acceptors (Lipinski definition) is 4. The fourth-order valence-electron chi connectivity index (χ4n) is 3.41. The largest absolute Gasteiger partial charge is 0.369 e. The summed E-state index contributed by atoms with van der Waals surface area (Å²) in [6.45, 7) is 10.1. The van der Waals surface area contributed by atoms with Crippen LogP contribution in [0.4, 0.5) is 14.9 Å². The summed E-state index contributed by atoms with van der Waals surface area (Å²) in [5, 5.41) is 4.27. The number of carbonyl (C=O) groups is 1. The second-order valence-corrected chi connectivity index (χ2v) is 6.58. The predicted molar refractivity (Wildman–Crippen MR) is 94.9 cm³/mol. The monoisotopic (exact) mass is 350 g/mol. The first-order chi connectivity index (χ1) is 12.1. The lowest BCUT2D eigenvalue weighted by Gasteiger charge is -2.37. The molecule has 0 radical (unpaired) electrons. The molecular formula is C18H27FN4O2. The zero-order valence-corrected chi connectivity index (χ0v) is 15.0. The van der Waals surface area contributed by atoms with E-state index in [1.807, 2.05) is 13.0 Å². The fraction of sp³-hybridized carbons (Fsp3) is 0.611. The Balaban J connectivity index is 1.73. The molecule has 0 saturated carbocycles. The molecule has 2 aliphatic heterocycles. The van der Waals surface area contributed by atoms with E-state index >= 15 is 0 Å². The summed E-state index contributed by atoms with van der Waals surface area (Å²) >= 11 is 0. The van der Waals surface area contributed by atoms with Crippen LogP contribution >= 0.6 is 0 Å². The topological polar surface area (TPSA) is 48.0 Å². The SMILES string of the molecule is CCN1CCN(c2ccc(F)cc2C(C)NC(=O)N2CCCO2)CC1. The molecule has 0 aliphatic carbocycles. The van der Waals surface area contributed by atoms with Gasteiger partial charge in [-0.25, -0.2) is 14.2 Å². The number of nitrogens with zero attached hydrogens (tertiary/aromatic N) is 3. The first-order valence-electron chi connectivity index (χ1n) is 9.06. The Labute approximate surface area is 148 Å². The Kier molecular flexibility index (Phi) is 5.75. The van der Waals surface area contributed by atoms with Gasteiger partial charge in [-0.1, -0.05) is 6.92 Å². The van der Waals surface area contributed by atoms with E-state index < -0.39 is 0 Å². The minimum absolute atomic E-state index is 0.268. The van der Waals surface area contributed by atoms with Crippen LogP contribution in [0.5, 0.6) is 0 Å². The van der Waals surface area contributed by atoms with E-state index in [9.17, 15) is 9.18 Å². The highest BCUT2D eigenvalue weighted by Crippen LogP contribution is 2.28. The Hall–Kier alpha value is -1.86. The van der Waals surface area contributed by atoms with Gasteiger partial charge in [-0.15, -0.1) is 0 Å². The van der Waals surface area contributed by atoms with Crippen LogP contribution in [0, 0.1) is 5.82 Å². The van der Waals surface area contributed by atoms with Crippen LogP contribution in [0.15, 0.2) is 18.2 Å². The fourth-order valence-corrected chi connectivity index (χ4v) is 3.41. The summed E-state index contributed by atoms with van der Waals surface area (Å²) < 4.78 is 13.9. The summed E-state index contributed by atoms with van der Waals surface area (Å²) in [7, 11) is 0. The van der Waals surface area contributed by atoms with E-state index in [4.69, 9.17) is 4.84 Å². The number of rotatable bonds is 4. The molecule has 1 aromatic rings. The van der Waals surface area contributed by atoms with E-state index in [0.29, 0.717) is 13.2 Å². The van der Waals surface area contributed by atoms with Crippen LogP contribution in [0.25, 0.3) is 0 Å². The number of hydrogen-bond donors (Lipinski definition) is 1. The van der Waals surface area contributed by atoms with Crippen molar-refractivity contribution in [1.29, 1.82) is 0 Å². The Morgan fingerprint density at radius 3 is 2.68 bits per heavy atom. The molecule has 0 spiro atoms. The lowest BCUT2D eigenvalue weighted by molar-refractivity contribution is -0.0669. The van der Waals surface area contributed by atoms with Gasteiger partial charge in [-0.2, -0.15) is 0 Å². The highest BCUT2D eigenvalue weighted by atomic mass is 19.1. The summed E-state index contributed by atoms with van der Waals surface area (Å²) in [6.07, 6.45) is 0.842. The molecule has 0 bridgehead atoms. The standard InChI is InChI=1S/C18H27FN4O2/c1-3-21-8-10-22(11-9-21)17-6-5-15(19)13-16(17)14(2)20-18(24)23-7-4-12-25-23/h5-6,13-14H,3-4,7-12H2,1-2H3,(H,20,24). The second-order valence-electron chi connectivity index (χ2n) is 6.58. The van der Waals surface area contributed by atoms with Crippen molar-refractivity contribution in [3.8, 4) is 0 Å². The second kappa shape index (κ2) is 8.01. The average Bonchev–Trinajstić information content (AvgIpc) is 3.16. The van der Waals surface area contributed by atoms with Crippen molar-refractivity contribution in [2.24, 2.45) is 0 Å². The summed E-state index contributed by atoms with van der Waals surface area (Å²) in [4.78, 5) is 22.2. The molecule has 138 valence electrons. The number of amides is 2. The summed E-state index contributed by atoms with van der Waals surface area (Å²) in [5.74, 6) is -0.288. The van der Waals surface area contributed by atoms with Gasteiger partial charge in [0.15, 0.2) is 0 Å². The van der Waals surface area contributed by atoms with Crippen LogP contribution in [-0.2, 0) is 4.84 Å². The molecule has 2 fully saturated rings. The van der Waals surface area contributed by atoms with Crippen molar-refractivity contribution in [3.63, 3.8) is 0 Å². The molecule has 7 heteroatoms. The Bertz CT molecular complexity index is 599. The van der Waals surface area contributed by atoms with Gasteiger partial charge in [0.25, 0.3) is 0 Å². The average molecular weight is 350 g/mol. The molecule has 6 nitrogen and oxygen atoms in total. The van der Waals surface area contributed by atoms with Crippen molar-refractivity contribution >= 4 is 11.7 Å². The number of anilines is 1. The van der Waals surface area contributed by atoms with Crippen molar-refractivity contribution in [2.75, 3.05) is 50.8 Å². The first kappa shape index (κ1) is 17.9. The number of urea groups is 1. The summed E-state index contributed by atoms with van der Waals surface area (Å²) in [5.41, 5.74) is 1.80. The van der Waals surface area contributed by atoms with Crippen molar-refractivity contribution < 1.29 is 14.0 Å².